The van der Waals surface area contributed by atoms with E-state index in [1.54, 1.807) is 30.4 Å². The minimum atomic E-state index is -0.368. The molecular weight excluding hydrogens is 232 g/mol. The van der Waals surface area contributed by atoms with Crippen LogP contribution in [0.25, 0.3) is 6.08 Å². The molecule has 2 rings (SSSR count). The summed E-state index contributed by atoms with van der Waals surface area (Å²) in [6.07, 6.45) is 3.56. The monoisotopic (exact) mass is 244 g/mol. The molecule has 0 fully saturated rings. The molecule has 0 bridgehead atoms. The normalized spacial score (nSPS) is 13.6. The number of imide groups is 1. The third-order valence-electron chi connectivity index (χ3n) is 2.54. The molecule has 5 heteroatoms. The molecule has 0 aliphatic carbocycles. The van der Waals surface area contributed by atoms with Gasteiger partial charge in [0.2, 0.25) is 5.91 Å². The van der Waals surface area contributed by atoms with Crippen LogP contribution in [-0.4, -0.2) is 24.3 Å². The second-order valence-corrected chi connectivity index (χ2v) is 3.93. The van der Waals surface area contributed by atoms with E-state index in [4.69, 9.17) is 0 Å². The van der Waals surface area contributed by atoms with Crippen molar-refractivity contribution >= 4 is 23.8 Å². The molecular formula is C13H12N2O3. The zero-order chi connectivity index (χ0) is 13.1. The summed E-state index contributed by atoms with van der Waals surface area (Å²) < 4.78 is 0. The number of fused-ring (bicyclic) bond motifs is 1. The summed E-state index contributed by atoms with van der Waals surface area (Å²) in [6.45, 7) is 1.87. The second-order valence-electron chi connectivity index (χ2n) is 3.93. The van der Waals surface area contributed by atoms with Crippen molar-refractivity contribution in [2.24, 2.45) is 0 Å². The molecule has 1 aromatic rings. The van der Waals surface area contributed by atoms with Crippen molar-refractivity contribution in [3.8, 4) is 0 Å². The predicted molar refractivity (Wildman–Crippen MR) is 66.0 cm³/mol. The summed E-state index contributed by atoms with van der Waals surface area (Å²) in [4.78, 5) is 33.4. The number of carbonyl (C=O) groups excluding carboxylic acids is 3. The van der Waals surface area contributed by atoms with Gasteiger partial charge in [-0.25, -0.2) is 0 Å². The van der Waals surface area contributed by atoms with Crippen LogP contribution in [-0.2, 0) is 4.79 Å². The van der Waals surface area contributed by atoms with E-state index in [1.165, 1.54) is 6.92 Å². The average molecular weight is 244 g/mol. The summed E-state index contributed by atoms with van der Waals surface area (Å²) in [5.41, 5.74) is 1.60. The molecule has 0 saturated heterocycles. The molecule has 1 aliphatic heterocycles. The van der Waals surface area contributed by atoms with Crippen molar-refractivity contribution in [1.82, 2.24) is 10.6 Å². The largest absolute Gasteiger partial charge is 0.353 e. The third kappa shape index (κ3) is 2.45. The molecule has 1 aromatic carbocycles. The van der Waals surface area contributed by atoms with Crippen molar-refractivity contribution < 1.29 is 14.4 Å². The Bertz CT molecular complexity index is 561. The zero-order valence-electron chi connectivity index (χ0n) is 9.82. The van der Waals surface area contributed by atoms with E-state index in [0.29, 0.717) is 17.7 Å². The van der Waals surface area contributed by atoms with E-state index < -0.39 is 0 Å². The third-order valence-corrected chi connectivity index (χ3v) is 2.54. The highest BCUT2D eigenvalue weighted by Crippen LogP contribution is 2.17. The Labute approximate surface area is 104 Å². The molecule has 0 unspecified atom stereocenters. The quantitative estimate of drug-likeness (QED) is 0.769. The fraction of sp³-hybridized carbons (Fsp3) is 0.154. The van der Waals surface area contributed by atoms with E-state index in [1.807, 2.05) is 0 Å². The van der Waals surface area contributed by atoms with Crippen LogP contribution in [0.5, 0.6) is 0 Å². The minimum Gasteiger partial charge on any atom is -0.353 e. The zero-order valence-corrected chi connectivity index (χ0v) is 9.82. The average Bonchev–Trinajstić information content (AvgIpc) is 2.60. The lowest BCUT2D eigenvalue weighted by Crippen LogP contribution is -2.19. The molecule has 1 aliphatic rings. The lowest BCUT2D eigenvalue weighted by molar-refractivity contribution is -0.118. The van der Waals surface area contributed by atoms with Crippen molar-refractivity contribution in [1.29, 1.82) is 0 Å². The highest BCUT2D eigenvalue weighted by molar-refractivity contribution is 6.21. The van der Waals surface area contributed by atoms with Crippen LogP contribution in [0.3, 0.4) is 0 Å². The van der Waals surface area contributed by atoms with Gasteiger partial charge in [0.15, 0.2) is 0 Å². The van der Waals surface area contributed by atoms with Crippen LogP contribution in [0, 0.1) is 0 Å². The Morgan fingerprint density at radius 1 is 1.28 bits per heavy atom. The molecule has 0 radical (unpaired) electrons. The summed E-state index contributed by atoms with van der Waals surface area (Å²) in [6, 6.07) is 5.02. The molecule has 0 spiro atoms. The van der Waals surface area contributed by atoms with Crippen LogP contribution < -0.4 is 10.6 Å². The van der Waals surface area contributed by atoms with E-state index in [9.17, 15) is 14.4 Å². The Balaban J connectivity index is 2.13. The second kappa shape index (κ2) is 4.83. The van der Waals surface area contributed by atoms with Gasteiger partial charge in [-0.3, -0.25) is 19.7 Å². The summed E-state index contributed by atoms with van der Waals surface area (Å²) in [5.74, 6) is -0.825. The first-order valence-electron chi connectivity index (χ1n) is 5.48. The standard InChI is InChI=1S/C13H12N2O3/c1-8(16)14-6-2-3-9-4-5-10-11(7-9)13(18)15-12(10)17/h2-5,7H,6H2,1H3,(H,14,16)(H,15,17,18). The van der Waals surface area contributed by atoms with Crippen LogP contribution in [0.2, 0.25) is 0 Å². The molecule has 2 N–H and O–H groups in total. The van der Waals surface area contributed by atoms with Gasteiger partial charge in [0.05, 0.1) is 11.1 Å². The lowest BCUT2D eigenvalue weighted by Gasteiger charge is -1.98. The van der Waals surface area contributed by atoms with Crippen molar-refractivity contribution in [3.63, 3.8) is 0 Å². The Morgan fingerprint density at radius 3 is 2.72 bits per heavy atom. The SMILES string of the molecule is CC(=O)NCC=Cc1ccc2c(c1)C(=O)NC2=O. The number of nitrogens with one attached hydrogen (secondary N) is 2. The first-order chi connectivity index (χ1) is 8.58. The topological polar surface area (TPSA) is 75.3 Å². The molecule has 18 heavy (non-hydrogen) atoms. The van der Waals surface area contributed by atoms with E-state index in [2.05, 4.69) is 10.6 Å². The summed E-state index contributed by atoms with van der Waals surface area (Å²) in [5, 5.41) is 4.86. The minimum absolute atomic E-state index is 0.0985. The molecule has 0 saturated carbocycles. The molecule has 5 nitrogen and oxygen atoms in total. The van der Waals surface area contributed by atoms with Gasteiger partial charge in [-0.05, 0) is 17.7 Å². The van der Waals surface area contributed by atoms with Crippen molar-refractivity contribution in [3.05, 3.63) is 41.0 Å². The Kier molecular flexibility index (Phi) is 3.23. The molecule has 0 aromatic heterocycles. The van der Waals surface area contributed by atoms with Gasteiger partial charge in [-0.2, -0.15) is 0 Å². The van der Waals surface area contributed by atoms with Gasteiger partial charge >= 0.3 is 0 Å². The van der Waals surface area contributed by atoms with Crippen molar-refractivity contribution in [2.75, 3.05) is 6.54 Å². The summed E-state index contributed by atoms with van der Waals surface area (Å²) in [7, 11) is 0. The number of hydrogen-bond acceptors (Lipinski definition) is 3. The van der Waals surface area contributed by atoms with Crippen LogP contribution in [0.15, 0.2) is 24.3 Å². The first kappa shape index (κ1) is 12.0. The lowest BCUT2D eigenvalue weighted by atomic mass is 10.1. The van der Waals surface area contributed by atoms with Gasteiger partial charge in [0.25, 0.3) is 11.8 Å². The van der Waals surface area contributed by atoms with Gasteiger partial charge < -0.3 is 5.32 Å². The smallest absolute Gasteiger partial charge is 0.258 e. The Morgan fingerprint density at radius 2 is 2.00 bits per heavy atom. The van der Waals surface area contributed by atoms with Gasteiger partial charge in [0, 0.05) is 13.5 Å². The van der Waals surface area contributed by atoms with Crippen LogP contribution in [0.1, 0.15) is 33.2 Å². The molecule has 1 heterocycles. The van der Waals surface area contributed by atoms with Gasteiger partial charge in [0.1, 0.15) is 0 Å². The fourth-order valence-corrected chi connectivity index (χ4v) is 1.69. The number of carbonyl (C=O) groups is 3. The van der Waals surface area contributed by atoms with Crippen LogP contribution >= 0.6 is 0 Å². The molecule has 0 atom stereocenters. The maximum atomic E-state index is 11.4. The summed E-state index contributed by atoms with van der Waals surface area (Å²) >= 11 is 0. The highest BCUT2D eigenvalue weighted by Gasteiger charge is 2.26. The number of benzene rings is 1. The van der Waals surface area contributed by atoms with Gasteiger partial charge in [-0.1, -0.05) is 18.2 Å². The predicted octanol–water partition coefficient (Wildman–Crippen LogP) is 0.720. The number of rotatable bonds is 3. The van der Waals surface area contributed by atoms with Gasteiger partial charge in [-0.15, -0.1) is 0 Å². The maximum absolute atomic E-state index is 11.4. The first-order valence-corrected chi connectivity index (χ1v) is 5.48. The van der Waals surface area contributed by atoms with E-state index in [0.717, 1.165) is 5.56 Å². The van der Waals surface area contributed by atoms with Crippen LogP contribution in [0.4, 0.5) is 0 Å². The number of amides is 3. The maximum Gasteiger partial charge on any atom is 0.258 e. The highest BCUT2D eigenvalue weighted by atomic mass is 16.2. The Hall–Kier alpha value is -2.43. The molecule has 3 amide bonds. The fourth-order valence-electron chi connectivity index (χ4n) is 1.69. The molecule has 92 valence electrons. The van der Waals surface area contributed by atoms with E-state index in [-0.39, 0.29) is 17.7 Å². The number of hydrogen-bond donors (Lipinski definition) is 2. The van der Waals surface area contributed by atoms with E-state index >= 15 is 0 Å². The van der Waals surface area contributed by atoms with Crippen molar-refractivity contribution in [2.45, 2.75) is 6.92 Å².